The number of nitrogens with zero attached hydrogens (tertiary/aromatic N) is 1. The van der Waals surface area contributed by atoms with E-state index in [1.165, 1.54) is 19.3 Å². The van der Waals surface area contributed by atoms with Gasteiger partial charge in [0.1, 0.15) is 0 Å². The first-order chi connectivity index (χ1) is 8.70. The number of rotatable bonds is 4. The van der Waals surface area contributed by atoms with Gasteiger partial charge in [-0.05, 0) is 31.6 Å². The van der Waals surface area contributed by atoms with Gasteiger partial charge in [0.2, 0.25) is 0 Å². The minimum absolute atomic E-state index is 0.0938. The highest BCUT2D eigenvalue weighted by Crippen LogP contribution is 2.32. The van der Waals surface area contributed by atoms with Crippen molar-refractivity contribution in [1.29, 1.82) is 0 Å². The number of amides is 2. The van der Waals surface area contributed by atoms with Crippen LogP contribution in [0.4, 0.5) is 4.79 Å². The van der Waals surface area contributed by atoms with E-state index in [9.17, 15) is 4.79 Å². The lowest BCUT2D eigenvalue weighted by Crippen LogP contribution is -2.52. The Kier molecular flexibility index (Phi) is 4.28. The minimum Gasteiger partial charge on any atom is -0.409 e. The summed E-state index contributed by atoms with van der Waals surface area (Å²) in [6.45, 7) is 0. The van der Waals surface area contributed by atoms with Gasteiger partial charge in [0.05, 0.1) is 6.04 Å². The van der Waals surface area contributed by atoms with Crippen LogP contribution in [0.1, 0.15) is 44.9 Å². The van der Waals surface area contributed by atoms with Gasteiger partial charge in [-0.3, -0.25) is 0 Å². The average molecular weight is 254 g/mol. The molecule has 2 aliphatic carbocycles. The van der Waals surface area contributed by atoms with Gasteiger partial charge in [0, 0.05) is 6.04 Å². The van der Waals surface area contributed by atoms with Crippen LogP contribution < -0.4 is 16.4 Å². The van der Waals surface area contributed by atoms with E-state index in [0.717, 1.165) is 25.7 Å². The maximum absolute atomic E-state index is 11.9. The quantitative estimate of drug-likeness (QED) is 0.262. The third-order valence-corrected chi connectivity index (χ3v) is 3.75. The maximum atomic E-state index is 11.9. The van der Waals surface area contributed by atoms with Crippen molar-refractivity contribution >= 4 is 11.9 Å². The van der Waals surface area contributed by atoms with Crippen LogP contribution >= 0.6 is 0 Å². The summed E-state index contributed by atoms with van der Waals surface area (Å²) in [6.07, 6.45) is 7.74. The standard InChI is InChI=1S/C12H22N4O2/c13-11(16-18)10(8-6-7-8)15-12(17)14-9-4-2-1-3-5-9/h8-10,18H,1-7H2,(H2,13,16)(H2,14,15,17). The van der Waals surface area contributed by atoms with Crippen LogP contribution in [0.25, 0.3) is 0 Å². The number of amidine groups is 1. The van der Waals surface area contributed by atoms with E-state index in [2.05, 4.69) is 15.8 Å². The van der Waals surface area contributed by atoms with Crippen molar-refractivity contribution in [2.75, 3.05) is 0 Å². The smallest absolute Gasteiger partial charge is 0.315 e. The Morgan fingerprint density at radius 1 is 1.22 bits per heavy atom. The fourth-order valence-electron chi connectivity index (χ4n) is 2.54. The summed E-state index contributed by atoms with van der Waals surface area (Å²) in [5.74, 6) is 0.411. The molecule has 0 aliphatic heterocycles. The highest BCUT2D eigenvalue weighted by Gasteiger charge is 2.35. The highest BCUT2D eigenvalue weighted by molar-refractivity contribution is 5.90. The molecule has 0 aromatic heterocycles. The Balaban J connectivity index is 1.81. The number of carbonyl (C=O) groups excluding carboxylic acids is 1. The van der Waals surface area contributed by atoms with Crippen molar-refractivity contribution in [3.63, 3.8) is 0 Å². The topological polar surface area (TPSA) is 99.7 Å². The molecule has 0 saturated heterocycles. The summed E-state index contributed by atoms with van der Waals surface area (Å²) in [6, 6.07) is -0.269. The number of urea groups is 1. The number of oxime groups is 1. The molecule has 0 heterocycles. The maximum Gasteiger partial charge on any atom is 0.315 e. The summed E-state index contributed by atoms with van der Waals surface area (Å²) < 4.78 is 0. The molecule has 0 radical (unpaired) electrons. The van der Waals surface area contributed by atoms with Crippen LogP contribution in [-0.4, -0.2) is 29.2 Å². The molecular weight excluding hydrogens is 232 g/mol. The van der Waals surface area contributed by atoms with Gasteiger partial charge in [-0.2, -0.15) is 0 Å². The summed E-state index contributed by atoms with van der Waals surface area (Å²) in [5.41, 5.74) is 5.60. The third-order valence-electron chi connectivity index (χ3n) is 3.75. The second-order valence-corrected chi connectivity index (χ2v) is 5.29. The van der Waals surface area contributed by atoms with E-state index < -0.39 is 0 Å². The summed E-state index contributed by atoms with van der Waals surface area (Å²) in [4.78, 5) is 11.9. The first-order valence-corrected chi connectivity index (χ1v) is 6.75. The summed E-state index contributed by atoms with van der Waals surface area (Å²) in [5, 5.41) is 17.5. The lowest BCUT2D eigenvalue weighted by Gasteiger charge is -2.24. The molecule has 2 saturated carbocycles. The van der Waals surface area contributed by atoms with E-state index in [4.69, 9.17) is 10.9 Å². The zero-order valence-corrected chi connectivity index (χ0v) is 10.6. The third kappa shape index (κ3) is 3.51. The van der Waals surface area contributed by atoms with Gasteiger partial charge in [0.25, 0.3) is 0 Å². The van der Waals surface area contributed by atoms with Crippen molar-refractivity contribution < 1.29 is 10.0 Å². The predicted molar refractivity (Wildman–Crippen MR) is 68.5 cm³/mol. The molecule has 102 valence electrons. The van der Waals surface area contributed by atoms with E-state index in [1.54, 1.807) is 0 Å². The van der Waals surface area contributed by atoms with E-state index in [1.807, 2.05) is 0 Å². The average Bonchev–Trinajstić information content (AvgIpc) is 3.20. The van der Waals surface area contributed by atoms with Gasteiger partial charge < -0.3 is 21.6 Å². The lowest BCUT2D eigenvalue weighted by molar-refractivity contribution is 0.230. The van der Waals surface area contributed by atoms with Crippen LogP contribution in [-0.2, 0) is 0 Å². The normalized spacial score (nSPS) is 23.4. The van der Waals surface area contributed by atoms with Crippen LogP contribution in [0.3, 0.4) is 0 Å². The molecule has 1 atom stereocenters. The van der Waals surface area contributed by atoms with E-state index in [0.29, 0.717) is 5.92 Å². The Morgan fingerprint density at radius 2 is 1.89 bits per heavy atom. The molecule has 2 amide bonds. The first kappa shape index (κ1) is 13.0. The second-order valence-electron chi connectivity index (χ2n) is 5.29. The molecule has 2 rings (SSSR count). The molecule has 18 heavy (non-hydrogen) atoms. The van der Waals surface area contributed by atoms with Gasteiger partial charge in [-0.15, -0.1) is 0 Å². The van der Waals surface area contributed by atoms with E-state index >= 15 is 0 Å². The predicted octanol–water partition coefficient (Wildman–Crippen LogP) is 1.14. The Hall–Kier alpha value is -1.46. The van der Waals surface area contributed by atoms with Crippen molar-refractivity contribution in [3.8, 4) is 0 Å². The molecule has 2 fully saturated rings. The second kappa shape index (κ2) is 5.93. The van der Waals surface area contributed by atoms with Crippen LogP contribution in [0.2, 0.25) is 0 Å². The molecule has 0 spiro atoms. The number of nitrogens with one attached hydrogen (secondary N) is 2. The Labute approximate surface area is 107 Å². The Bertz CT molecular complexity index is 322. The van der Waals surface area contributed by atoms with Gasteiger partial charge >= 0.3 is 6.03 Å². The zero-order valence-electron chi connectivity index (χ0n) is 10.6. The van der Waals surface area contributed by atoms with Crippen LogP contribution in [0.5, 0.6) is 0 Å². The largest absolute Gasteiger partial charge is 0.409 e. The van der Waals surface area contributed by atoms with Gasteiger partial charge in [-0.1, -0.05) is 24.4 Å². The SMILES string of the molecule is NC(=NO)C(NC(=O)NC1CCCCC1)C1CC1. The van der Waals surface area contributed by atoms with Gasteiger partial charge in [0.15, 0.2) is 5.84 Å². The molecule has 0 aromatic carbocycles. The van der Waals surface area contributed by atoms with Crippen molar-refractivity contribution in [2.24, 2.45) is 16.8 Å². The van der Waals surface area contributed by atoms with Gasteiger partial charge in [-0.25, -0.2) is 4.79 Å². The molecule has 0 bridgehead atoms. The van der Waals surface area contributed by atoms with Crippen molar-refractivity contribution in [1.82, 2.24) is 10.6 Å². The van der Waals surface area contributed by atoms with Crippen LogP contribution in [0.15, 0.2) is 5.16 Å². The lowest BCUT2D eigenvalue weighted by atomic mass is 9.96. The molecule has 6 nitrogen and oxygen atoms in total. The molecule has 6 heteroatoms. The zero-order chi connectivity index (χ0) is 13.0. The number of hydrogen-bond acceptors (Lipinski definition) is 3. The number of hydrogen-bond donors (Lipinski definition) is 4. The summed E-state index contributed by atoms with van der Waals surface area (Å²) >= 11 is 0. The highest BCUT2D eigenvalue weighted by atomic mass is 16.4. The molecule has 1 unspecified atom stereocenters. The first-order valence-electron chi connectivity index (χ1n) is 6.75. The molecular formula is C12H22N4O2. The monoisotopic (exact) mass is 254 g/mol. The van der Waals surface area contributed by atoms with Crippen molar-refractivity contribution in [2.45, 2.75) is 57.0 Å². The fraction of sp³-hybridized carbons (Fsp3) is 0.833. The number of carbonyl (C=O) groups is 1. The molecule has 2 aliphatic rings. The van der Waals surface area contributed by atoms with E-state index in [-0.39, 0.29) is 24.0 Å². The van der Waals surface area contributed by atoms with Crippen molar-refractivity contribution in [3.05, 3.63) is 0 Å². The minimum atomic E-state index is -0.335. The number of nitrogens with two attached hydrogens (primary N) is 1. The fourth-order valence-corrected chi connectivity index (χ4v) is 2.54. The molecule has 0 aromatic rings. The summed E-state index contributed by atoms with van der Waals surface area (Å²) in [7, 11) is 0. The Morgan fingerprint density at radius 3 is 2.44 bits per heavy atom. The molecule has 5 N–H and O–H groups in total. The van der Waals surface area contributed by atoms with Crippen LogP contribution in [0, 0.1) is 5.92 Å².